The molecule has 0 amide bonds. The topological polar surface area (TPSA) is 9.23 Å². The molecule has 0 N–H and O–H groups in total. The fourth-order valence-electron chi connectivity index (χ4n) is 2.67. The van der Waals surface area contributed by atoms with Gasteiger partial charge in [0.05, 0.1) is 3.63 Å². The molecule has 0 fully saturated rings. The summed E-state index contributed by atoms with van der Waals surface area (Å²) in [4.78, 5) is 4.75. The van der Waals surface area contributed by atoms with Gasteiger partial charge in [0.15, 0.2) is 0 Å². The Morgan fingerprint density at radius 1 is 0.333 bits per heavy atom. The van der Waals surface area contributed by atoms with Crippen LogP contribution >= 0.6 is 0 Å². The minimum absolute atomic E-state index is 0.470. The van der Waals surface area contributed by atoms with E-state index in [0.29, 0.717) is 0 Å². The molecular formula is C24H20OS2+2. The lowest BCUT2D eigenvalue weighted by Crippen LogP contribution is -2.16. The molecule has 0 saturated carbocycles. The number of rotatable bonds is 6. The molecule has 0 spiro atoms. The maximum Gasteiger partial charge on any atom is 0.284 e. The van der Waals surface area contributed by atoms with Crippen molar-refractivity contribution in [1.29, 1.82) is 0 Å². The standard InChI is InChI=1S/C24H20OS2/c1-5-13-21(14-6-1)26(22-15-7-2-8-16-22)25-27(23-17-9-3-10-18-23)24-19-11-4-12-20-24/h1-20H/q+2. The molecule has 0 aromatic heterocycles. The summed E-state index contributed by atoms with van der Waals surface area (Å²) in [7, 11) is 0. The summed E-state index contributed by atoms with van der Waals surface area (Å²) in [5.74, 6) is 0. The number of hydrogen-bond donors (Lipinski definition) is 0. The van der Waals surface area contributed by atoms with Gasteiger partial charge in [0.2, 0.25) is 19.6 Å². The molecule has 0 heterocycles. The third-order valence-corrected chi connectivity index (χ3v) is 7.86. The van der Waals surface area contributed by atoms with Crippen molar-refractivity contribution >= 4 is 22.4 Å². The highest BCUT2D eigenvalue weighted by atomic mass is 32.3. The molecule has 4 aromatic carbocycles. The first-order valence-electron chi connectivity index (χ1n) is 8.79. The SMILES string of the molecule is c1ccc([S+](O[S+](c2ccccc2)c2ccccc2)c2ccccc2)cc1. The van der Waals surface area contributed by atoms with Crippen LogP contribution in [0.3, 0.4) is 0 Å². The highest BCUT2D eigenvalue weighted by Gasteiger charge is 2.42. The van der Waals surface area contributed by atoms with E-state index in [1.165, 1.54) is 19.6 Å². The Labute approximate surface area is 166 Å². The molecule has 4 aromatic rings. The first-order chi connectivity index (χ1) is 13.4. The Morgan fingerprint density at radius 2 is 0.556 bits per heavy atom. The molecule has 1 nitrogen and oxygen atoms in total. The van der Waals surface area contributed by atoms with Crippen LogP contribution in [0.5, 0.6) is 0 Å². The van der Waals surface area contributed by atoms with E-state index < -0.39 is 22.4 Å². The monoisotopic (exact) mass is 388 g/mol. The summed E-state index contributed by atoms with van der Waals surface area (Å²) < 4.78 is 6.85. The second kappa shape index (κ2) is 8.96. The average Bonchev–Trinajstić information content (AvgIpc) is 2.77. The average molecular weight is 389 g/mol. The Hall–Kier alpha value is -2.46. The first kappa shape index (κ1) is 17.9. The van der Waals surface area contributed by atoms with Crippen molar-refractivity contribution in [1.82, 2.24) is 0 Å². The molecule has 4 rings (SSSR count). The summed E-state index contributed by atoms with van der Waals surface area (Å²) >= 11 is -0.940. The van der Waals surface area contributed by atoms with E-state index in [4.69, 9.17) is 3.63 Å². The zero-order chi connectivity index (χ0) is 18.3. The fraction of sp³-hybridized carbons (Fsp3) is 0. The van der Waals surface area contributed by atoms with Crippen molar-refractivity contribution in [3.63, 3.8) is 0 Å². The molecule has 132 valence electrons. The van der Waals surface area contributed by atoms with Crippen molar-refractivity contribution in [3.05, 3.63) is 121 Å². The highest BCUT2D eigenvalue weighted by molar-refractivity contribution is 8.05. The van der Waals surface area contributed by atoms with Gasteiger partial charge < -0.3 is 0 Å². The zero-order valence-corrected chi connectivity index (χ0v) is 16.4. The van der Waals surface area contributed by atoms with Crippen LogP contribution < -0.4 is 0 Å². The predicted molar refractivity (Wildman–Crippen MR) is 115 cm³/mol. The van der Waals surface area contributed by atoms with E-state index in [-0.39, 0.29) is 0 Å². The van der Waals surface area contributed by atoms with Gasteiger partial charge >= 0.3 is 0 Å². The van der Waals surface area contributed by atoms with Crippen LogP contribution in [0.25, 0.3) is 0 Å². The summed E-state index contributed by atoms with van der Waals surface area (Å²) in [6.07, 6.45) is 0. The normalized spacial score (nSPS) is 11.0. The summed E-state index contributed by atoms with van der Waals surface area (Å²) in [5.41, 5.74) is 0. The van der Waals surface area contributed by atoms with E-state index >= 15 is 0 Å². The van der Waals surface area contributed by atoms with E-state index in [2.05, 4.69) is 97.1 Å². The lowest BCUT2D eigenvalue weighted by molar-refractivity contribution is 0.703. The Balaban J connectivity index is 1.77. The van der Waals surface area contributed by atoms with Crippen molar-refractivity contribution in [2.75, 3.05) is 0 Å². The first-order valence-corrected chi connectivity index (χ1v) is 11.1. The Bertz CT molecular complexity index is 785. The minimum atomic E-state index is -0.470. The molecule has 0 unspecified atom stereocenters. The largest absolute Gasteiger partial charge is 0.284 e. The maximum absolute atomic E-state index is 6.85. The lowest BCUT2D eigenvalue weighted by atomic mass is 10.4. The smallest absolute Gasteiger partial charge is 0.0619 e. The highest BCUT2D eigenvalue weighted by Crippen LogP contribution is 2.33. The van der Waals surface area contributed by atoms with Crippen LogP contribution in [0.1, 0.15) is 0 Å². The number of hydrogen-bond acceptors (Lipinski definition) is 1. The molecule has 0 aliphatic carbocycles. The van der Waals surface area contributed by atoms with Crippen LogP contribution in [-0.2, 0) is 26.0 Å². The second-order valence-corrected chi connectivity index (χ2v) is 9.36. The minimum Gasteiger partial charge on any atom is -0.0619 e. The maximum atomic E-state index is 6.85. The van der Waals surface area contributed by atoms with E-state index in [9.17, 15) is 0 Å². The third-order valence-electron chi connectivity index (χ3n) is 3.97. The summed E-state index contributed by atoms with van der Waals surface area (Å²) in [5, 5.41) is 0. The van der Waals surface area contributed by atoms with Gasteiger partial charge in [-0.25, -0.2) is 0 Å². The van der Waals surface area contributed by atoms with Gasteiger partial charge in [-0.2, -0.15) is 0 Å². The number of benzene rings is 4. The van der Waals surface area contributed by atoms with Gasteiger partial charge in [-0.05, 0) is 48.5 Å². The van der Waals surface area contributed by atoms with E-state index in [1.54, 1.807) is 0 Å². The molecule has 0 atom stereocenters. The quantitative estimate of drug-likeness (QED) is 0.352. The van der Waals surface area contributed by atoms with Gasteiger partial charge in [0, 0.05) is 0 Å². The van der Waals surface area contributed by atoms with Gasteiger partial charge in [-0.3, -0.25) is 0 Å². The molecule has 27 heavy (non-hydrogen) atoms. The van der Waals surface area contributed by atoms with Crippen LogP contribution in [0.15, 0.2) is 141 Å². The van der Waals surface area contributed by atoms with Crippen molar-refractivity contribution in [2.45, 2.75) is 19.6 Å². The van der Waals surface area contributed by atoms with E-state index in [0.717, 1.165) is 0 Å². The van der Waals surface area contributed by atoms with Gasteiger partial charge in [0.25, 0.3) is 22.4 Å². The molecule has 0 radical (unpaired) electrons. The molecule has 3 heteroatoms. The Kier molecular flexibility index (Phi) is 5.95. The van der Waals surface area contributed by atoms with Gasteiger partial charge in [-0.1, -0.05) is 72.8 Å². The summed E-state index contributed by atoms with van der Waals surface area (Å²) in [6, 6.07) is 41.9. The molecule has 0 aliphatic rings. The molecule has 0 bridgehead atoms. The Morgan fingerprint density at radius 3 is 0.778 bits per heavy atom. The third kappa shape index (κ3) is 4.45. The molecular weight excluding hydrogens is 368 g/mol. The second-order valence-electron chi connectivity index (χ2n) is 5.86. The fourth-order valence-corrected chi connectivity index (χ4v) is 6.64. The van der Waals surface area contributed by atoms with Gasteiger partial charge in [-0.15, -0.1) is 0 Å². The zero-order valence-electron chi connectivity index (χ0n) is 14.8. The van der Waals surface area contributed by atoms with Crippen LogP contribution in [0.4, 0.5) is 0 Å². The van der Waals surface area contributed by atoms with Crippen molar-refractivity contribution in [3.8, 4) is 0 Å². The predicted octanol–water partition coefficient (Wildman–Crippen LogP) is 6.31. The lowest BCUT2D eigenvalue weighted by Gasteiger charge is -2.07. The summed E-state index contributed by atoms with van der Waals surface area (Å²) in [6.45, 7) is 0. The van der Waals surface area contributed by atoms with Crippen molar-refractivity contribution < 1.29 is 3.63 Å². The van der Waals surface area contributed by atoms with Gasteiger partial charge in [0.1, 0.15) is 0 Å². The van der Waals surface area contributed by atoms with E-state index in [1.807, 2.05) is 24.3 Å². The molecule has 0 aliphatic heterocycles. The van der Waals surface area contributed by atoms with Crippen LogP contribution in [0.2, 0.25) is 0 Å². The van der Waals surface area contributed by atoms with Crippen molar-refractivity contribution in [2.24, 2.45) is 0 Å². The molecule has 0 saturated heterocycles. The van der Waals surface area contributed by atoms with Crippen LogP contribution in [0, 0.1) is 0 Å². The van der Waals surface area contributed by atoms with Crippen LogP contribution in [-0.4, -0.2) is 0 Å².